The van der Waals surface area contributed by atoms with Gasteiger partial charge in [0, 0.05) is 26.2 Å². The van der Waals surface area contributed by atoms with E-state index < -0.39 is 0 Å². The Morgan fingerprint density at radius 3 is 2.44 bits per heavy atom. The predicted octanol–water partition coefficient (Wildman–Crippen LogP) is 4.04. The fourth-order valence-corrected chi connectivity index (χ4v) is 3.22. The molecular formula is C20H27Cl2FN4. The van der Waals surface area contributed by atoms with Crippen LogP contribution in [0, 0.1) is 5.82 Å². The van der Waals surface area contributed by atoms with Crippen LogP contribution in [0.25, 0.3) is 11.0 Å². The minimum atomic E-state index is -0.263. The van der Waals surface area contributed by atoms with Crippen molar-refractivity contribution in [1.29, 1.82) is 0 Å². The number of imidazole rings is 1. The Hall–Kier alpha value is -1.66. The molecule has 2 aromatic carbocycles. The topological polar surface area (TPSA) is 47.1 Å². The zero-order valence-electron chi connectivity index (χ0n) is 15.5. The van der Waals surface area contributed by atoms with E-state index in [1.165, 1.54) is 11.6 Å². The fraction of sp³-hybridized carbons (Fsp3) is 0.350. The summed E-state index contributed by atoms with van der Waals surface area (Å²) in [7, 11) is 0. The molecule has 0 spiro atoms. The molecular weight excluding hydrogens is 386 g/mol. The van der Waals surface area contributed by atoms with Gasteiger partial charge in [-0.1, -0.05) is 36.4 Å². The molecule has 0 aliphatic rings. The van der Waals surface area contributed by atoms with Crippen LogP contribution in [0.3, 0.4) is 0 Å². The first kappa shape index (κ1) is 23.4. The van der Waals surface area contributed by atoms with Gasteiger partial charge in [0.05, 0.1) is 12.1 Å². The largest absolute Gasteiger partial charge is 0.329 e. The smallest absolute Gasteiger partial charge is 0.151 e. The minimum Gasteiger partial charge on any atom is -0.329 e. The highest BCUT2D eigenvalue weighted by atomic mass is 35.5. The van der Waals surface area contributed by atoms with E-state index in [2.05, 4.69) is 45.6 Å². The molecule has 0 fully saturated rings. The fourth-order valence-electron chi connectivity index (χ4n) is 3.22. The number of hydrogen-bond acceptors (Lipinski definition) is 3. The third-order valence-corrected chi connectivity index (χ3v) is 4.49. The molecule has 2 N–H and O–H groups in total. The maximum absolute atomic E-state index is 14.1. The van der Waals surface area contributed by atoms with Gasteiger partial charge in [-0.05, 0) is 31.0 Å². The van der Waals surface area contributed by atoms with Gasteiger partial charge >= 0.3 is 0 Å². The number of halogens is 3. The highest BCUT2D eigenvalue weighted by Crippen LogP contribution is 2.20. The van der Waals surface area contributed by atoms with Crippen molar-refractivity contribution in [3.05, 3.63) is 65.7 Å². The van der Waals surface area contributed by atoms with E-state index in [4.69, 9.17) is 5.73 Å². The molecule has 0 bridgehead atoms. The van der Waals surface area contributed by atoms with Crippen LogP contribution in [0.2, 0.25) is 0 Å². The molecule has 3 aromatic rings. The summed E-state index contributed by atoms with van der Waals surface area (Å²) in [6.45, 7) is 5.79. The second-order valence-electron chi connectivity index (χ2n) is 6.18. The summed E-state index contributed by atoms with van der Waals surface area (Å²) < 4.78 is 16.1. The first-order valence-electron chi connectivity index (χ1n) is 8.83. The van der Waals surface area contributed by atoms with Crippen LogP contribution in [0.1, 0.15) is 18.3 Å². The molecule has 0 radical (unpaired) electrons. The third kappa shape index (κ3) is 5.66. The van der Waals surface area contributed by atoms with Gasteiger partial charge in [0.2, 0.25) is 0 Å². The average Bonchev–Trinajstić information content (AvgIpc) is 2.99. The maximum atomic E-state index is 14.1. The van der Waals surface area contributed by atoms with E-state index in [1.54, 1.807) is 6.07 Å². The Balaban J connectivity index is 0.00000182. The zero-order chi connectivity index (χ0) is 17.6. The Kier molecular flexibility index (Phi) is 9.74. The summed E-state index contributed by atoms with van der Waals surface area (Å²) in [4.78, 5) is 6.86. The SMILES string of the molecule is CCn1c(CN(CCN)CCc2ccccc2)nc2c(F)cccc21.Cl.Cl. The Morgan fingerprint density at radius 2 is 1.78 bits per heavy atom. The second-order valence-corrected chi connectivity index (χ2v) is 6.18. The minimum absolute atomic E-state index is 0. The van der Waals surface area contributed by atoms with Gasteiger partial charge in [-0.2, -0.15) is 0 Å². The summed E-state index contributed by atoms with van der Waals surface area (Å²) in [5.74, 6) is 0.629. The summed E-state index contributed by atoms with van der Waals surface area (Å²) in [6.07, 6.45) is 0.960. The molecule has 148 valence electrons. The van der Waals surface area contributed by atoms with Crippen LogP contribution in [0.5, 0.6) is 0 Å². The standard InChI is InChI=1S/C20H25FN4.2ClH/c1-2-25-18-10-6-9-17(21)20(18)23-19(25)15-24(14-12-22)13-11-16-7-4-3-5-8-16;;/h3-10H,2,11-15,22H2,1H3;2*1H. The van der Waals surface area contributed by atoms with E-state index in [0.717, 1.165) is 37.4 Å². The lowest BCUT2D eigenvalue weighted by atomic mass is 10.1. The molecule has 0 saturated heterocycles. The summed E-state index contributed by atoms with van der Waals surface area (Å²) >= 11 is 0. The van der Waals surface area contributed by atoms with E-state index in [1.807, 2.05) is 12.1 Å². The van der Waals surface area contributed by atoms with Crippen molar-refractivity contribution >= 4 is 35.8 Å². The van der Waals surface area contributed by atoms with Crippen LogP contribution in [0.4, 0.5) is 4.39 Å². The molecule has 1 aromatic heterocycles. The van der Waals surface area contributed by atoms with Crippen molar-refractivity contribution in [3.63, 3.8) is 0 Å². The second kappa shape index (κ2) is 11.2. The molecule has 0 saturated carbocycles. The number of nitrogens with two attached hydrogens (primary N) is 1. The van der Waals surface area contributed by atoms with Crippen molar-refractivity contribution in [2.75, 3.05) is 19.6 Å². The highest BCUT2D eigenvalue weighted by Gasteiger charge is 2.15. The van der Waals surface area contributed by atoms with Gasteiger partial charge in [0.15, 0.2) is 5.82 Å². The number of hydrogen-bond donors (Lipinski definition) is 1. The van der Waals surface area contributed by atoms with Crippen molar-refractivity contribution in [2.45, 2.75) is 26.4 Å². The van der Waals surface area contributed by atoms with E-state index in [0.29, 0.717) is 18.6 Å². The molecule has 1 heterocycles. The number of benzene rings is 2. The number of fused-ring (bicyclic) bond motifs is 1. The van der Waals surface area contributed by atoms with Crippen LogP contribution in [-0.2, 0) is 19.5 Å². The lowest BCUT2D eigenvalue weighted by Crippen LogP contribution is -2.32. The first-order chi connectivity index (χ1) is 12.2. The number of nitrogens with zero attached hydrogens (tertiary/aromatic N) is 3. The first-order valence-corrected chi connectivity index (χ1v) is 8.83. The number of rotatable bonds is 8. The average molecular weight is 413 g/mol. The molecule has 0 amide bonds. The molecule has 0 aliphatic carbocycles. The van der Waals surface area contributed by atoms with Crippen LogP contribution in [-0.4, -0.2) is 34.1 Å². The van der Waals surface area contributed by atoms with Gasteiger partial charge in [-0.3, -0.25) is 4.90 Å². The molecule has 27 heavy (non-hydrogen) atoms. The molecule has 0 unspecified atom stereocenters. The van der Waals surface area contributed by atoms with Gasteiger partial charge in [0.25, 0.3) is 0 Å². The van der Waals surface area contributed by atoms with Gasteiger partial charge in [-0.15, -0.1) is 24.8 Å². The van der Waals surface area contributed by atoms with Crippen molar-refractivity contribution in [2.24, 2.45) is 5.73 Å². The van der Waals surface area contributed by atoms with Crippen molar-refractivity contribution in [3.8, 4) is 0 Å². The summed E-state index contributed by atoms with van der Waals surface area (Å²) in [5, 5.41) is 0. The van der Waals surface area contributed by atoms with E-state index in [9.17, 15) is 4.39 Å². The summed E-state index contributed by atoms with van der Waals surface area (Å²) in [6, 6.07) is 15.5. The molecule has 0 atom stereocenters. The number of aryl methyl sites for hydroxylation is 1. The third-order valence-electron chi connectivity index (χ3n) is 4.49. The van der Waals surface area contributed by atoms with E-state index >= 15 is 0 Å². The van der Waals surface area contributed by atoms with E-state index in [-0.39, 0.29) is 30.6 Å². The number of para-hydroxylation sites is 1. The quantitative estimate of drug-likeness (QED) is 0.606. The predicted molar refractivity (Wildman–Crippen MR) is 114 cm³/mol. The van der Waals surface area contributed by atoms with Gasteiger partial charge in [0.1, 0.15) is 11.3 Å². The van der Waals surface area contributed by atoms with Crippen LogP contribution < -0.4 is 5.73 Å². The maximum Gasteiger partial charge on any atom is 0.151 e. The van der Waals surface area contributed by atoms with Crippen molar-refractivity contribution < 1.29 is 4.39 Å². The Labute approximate surface area is 172 Å². The highest BCUT2D eigenvalue weighted by molar-refractivity contribution is 5.85. The van der Waals surface area contributed by atoms with Crippen LogP contribution >= 0.6 is 24.8 Å². The normalized spacial score (nSPS) is 10.7. The summed E-state index contributed by atoms with van der Waals surface area (Å²) in [5.41, 5.74) is 8.41. The Bertz CT molecular complexity index is 823. The molecule has 3 rings (SSSR count). The molecule has 4 nitrogen and oxygen atoms in total. The van der Waals surface area contributed by atoms with Crippen molar-refractivity contribution in [1.82, 2.24) is 14.5 Å². The number of aromatic nitrogens is 2. The monoisotopic (exact) mass is 412 g/mol. The molecule has 7 heteroatoms. The Morgan fingerprint density at radius 1 is 1.04 bits per heavy atom. The zero-order valence-corrected chi connectivity index (χ0v) is 17.1. The molecule has 0 aliphatic heterocycles. The van der Waals surface area contributed by atoms with Gasteiger partial charge < -0.3 is 10.3 Å². The lowest BCUT2D eigenvalue weighted by Gasteiger charge is -2.21. The van der Waals surface area contributed by atoms with Gasteiger partial charge in [-0.25, -0.2) is 9.37 Å². The lowest BCUT2D eigenvalue weighted by molar-refractivity contribution is 0.266. The van der Waals surface area contributed by atoms with Crippen LogP contribution in [0.15, 0.2) is 48.5 Å².